The largest absolute Gasteiger partial charge is 0.441 e. The molecule has 412 valence electrons. The van der Waals surface area contributed by atoms with Crippen LogP contribution in [0, 0.1) is 0 Å². The highest BCUT2D eigenvalue weighted by Gasteiger charge is 2.42. The van der Waals surface area contributed by atoms with Gasteiger partial charge in [-0.25, -0.2) is 0 Å². The van der Waals surface area contributed by atoms with E-state index in [2.05, 4.69) is 53.7 Å². The predicted molar refractivity (Wildman–Crippen MR) is 314 cm³/mol. The van der Waals surface area contributed by atoms with Crippen LogP contribution in [0.3, 0.4) is 0 Å². The Bertz CT molecular complexity index is 1480. The number of hydrogen-bond donors (Lipinski definition) is 6. The molecule has 0 saturated heterocycles. The first-order chi connectivity index (χ1) is 34.2. The first-order valence-corrected chi connectivity index (χ1v) is 34.0. The molecule has 0 unspecified atom stereocenters. The molecular weight excluding hydrogens is 915 g/mol. The molecule has 0 bridgehead atoms. The molecule has 8 heteroatoms. The minimum absolute atomic E-state index is 0.313. The molecule has 6 N–H and O–H groups in total. The Balaban J connectivity index is 2.58. The van der Waals surface area contributed by atoms with E-state index < -0.39 is 21.3 Å². The van der Waals surface area contributed by atoms with Crippen LogP contribution in [0.4, 0.5) is 0 Å². The summed E-state index contributed by atoms with van der Waals surface area (Å²) in [4.78, 5) is 66.4. The van der Waals surface area contributed by atoms with Gasteiger partial charge in [0.2, 0.25) is 0 Å². The monoisotopic (exact) mass is 1030 g/mol. The molecule has 0 aliphatic heterocycles. The highest BCUT2D eigenvalue weighted by molar-refractivity contribution is 7.67. The second kappa shape index (κ2) is 40.3. The molecule has 0 atom stereocenters. The molecule has 0 amide bonds. The van der Waals surface area contributed by atoms with E-state index in [1.807, 2.05) is 12.1 Å². The second-order valence-electron chi connectivity index (χ2n) is 22.7. The lowest BCUT2D eigenvalue weighted by atomic mass is 9.71. The number of unbranched alkanes of at least 4 members (excludes halogenated alkanes) is 36. The van der Waals surface area contributed by atoms with Crippen molar-refractivity contribution in [2.75, 3.05) is 0 Å². The van der Waals surface area contributed by atoms with Gasteiger partial charge in [-0.05, 0) is 85.8 Å². The summed E-state index contributed by atoms with van der Waals surface area (Å²) in [5.74, 6) is 0. The third-order valence-electron chi connectivity index (χ3n) is 15.9. The minimum Gasteiger partial charge on any atom is -0.189 e. The van der Waals surface area contributed by atoms with Gasteiger partial charge in [0.05, 0.1) is 0 Å². The van der Waals surface area contributed by atoms with Gasteiger partial charge in [-0.2, -0.15) is 29.4 Å². The van der Waals surface area contributed by atoms with Crippen molar-refractivity contribution in [1.29, 1.82) is 0 Å². The zero-order valence-corrected chi connectivity index (χ0v) is 49.3. The summed E-state index contributed by atoms with van der Waals surface area (Å²) in [6, 6.07) is 7.76. The predicted octanol–water partition coefficient (Wildman–Crippen LogP) is 18.6. The summed E-state index contributed by atoms with van der Waals surface area (Å²) in [7, 11) is -8.62. The summed E-state index contributed by atoms with van der Waals surface area (Å²) >= 11 is 0. The van der Waals surface area contributed by atoms with Crippen LogP contribution in [0.2, 0.25) is 0 Å². The molecule has 0 aliphatic carbocycles. The van der Waals surface area contributed by atoms with Crippen LogP contribution in [0.25, 0.3) is 0 Å². The van der Waals surface area contributed by atoms with Gasteiger partial charge in [0.1, 0.15) is 0 Å². The Morgan fingerprint density at radius 2 is 0.451 bits per heavy atom. The van der Waals surface area contributed by atoms with Gasteiger partial charge < -0.3 is 0 Å². The van der Waals surface area contributed by atoms with E-state index in [9.17, 15) is 29.4 Å². The number of hydrogen-bond acceptors (Lipinski definition) is 6. The highest BCUT2D eigenvalue weighted by atomic mass is 31.2. The Morgan fingerprint density at radius 3 is 0.648 bits per heavy atom. The molecule has 0 heterocycles. The lowest BCUT2D eigenvalue weighted by Crippen LogP contribution is -2.29. The first kappa shape index (κ1) is 66.2. The van der Waals surface area contributed by atoms with Gasteiger partial charge in [0.25, 0.3) is 0 Å². The van der Waals surface area contributed by atoms with Gasteiger partial charge in [-0.1, -0.05) is 285 Å². The van der Waals surface area contributed by atoms with Crippen molar-refractivity contribution in [3.8, 4) is 0 Å². The van der Waals surface area contributed by atoms with E-state index in [0.29, 0.717) is 23.5 Å². The van der Waals surface area contributed by atoms with Crippen molar-refractivity contribution >= 4 is 26.5 Å². The third kappa shape index (κ3) is 28.1. The Kier molecular flexibility index (Phi) is 37.6. The van der Waals surface area contributed by atoms with E-state index in [1.54, 1.807) is 0 Å². The maximum absolute atomic E-state index is 11.1. The van der Waals surface area contributed by atoms with Gasteiger partial charge in [-0.15, -0.1) is 0 Å². The van der Waals surface area contributed by atoms with Crippen LogP contribution in [0.5, 0.6) is 0 Å². The van der Waals surface area contributed by atoms with E-state index in [-0.39, 0.29) is 0 Å². The fourth-order valence-electron chi connectivity index (χ4n) is 11.5. The SMILES string of the molecule is CCCCCCCCCCCCc1c(C(C)(C)c2ccc([P+](O)(O)O)c(CCCCCCCCCCCC)c2CCCCCCCCCCCC)ccc([P+](O)(O)O)c1CCCCCCCCCCCC. The molecule has 0 aliphatic rings. The number of rotatable bonds is 48. The fraction of sp³-hybridized carbons (Fsp3) is 0.810. The van der Waals surface area contributed by atoms with Crippen molar-refractivity contribution in [3.63, 3.8) is 0 Å². The fourth-order valence-corrected chi connectivity index (χ4v) is 13.3. The Morgan fingerprint density at radius 1 is 0.268 bits per heavy atom. The van der Waals surface area contributed by atoms with Crippen LogP contribution in [0.15, 0.2) is 24.3 Å². The molecule has 0 radical (unpaired) electrons. The van der Waals surface area contributed by atoms with Crippen LogP contribution in [-0.4, -0.2) is 29.4 Å². The van der Waals surface area contributed by atoms with Gasteiger partial charge in [0.15, 0.2) is 10.6 Å². The summed E-state index contributed by atoms with van der Waals surface area (Å²) < 4.78 is 0. The number of benzene rings is 2. The van der Waals surface area contributed by atoms with Gasteiger partial charge in [0, 0.05) is 16.5 Å². The lowest BCUT2D eigenvalue weighted by molar-refractivity contribution is 0.344. The van der Waals surface area contributed by atoms with Crippen LogP contribution in [0.1, 0.15) is 332 Å². The lowest BCUT2D eigenvalue weighted by Gasteiger charge is -2.34. The molecule has 0 spiro atoms. The van der Waals surface area contributed by atoms with Crippen molar-refractivity contribution in [2.24, 2.45) is 0 Å². The van der Waals surface area contributed by atoms with Crippen molar-refractivity contribution in [3.05, 3.63) is 57.6 Å². The van der Waals surface area contributed by atoms with E-state index >= 15 is 0 Å². The Labute approximate surface area is 441 Å². The molecule has 0 saturated carbocycles. The van der Waals surface area contributed by atoms with Crippen LogP contribution in [-0.2, 0) is 31.1 Å². The molecule has 0 fully saturated rings. The summed E-state index contributed by atoms with van der Waals surface area (Å²) in [6.07, 6.45) is 52.4. The molecular formula is C63H116O6P2+2. The third-order valence-corrected chi connectivity index (χ3v) is 18.1. The summed E-state index contributed by atoms with van der Waals surface area (Å²) in [6.45, 7) is 13.7. The standard InChI is InChI=1S/C63H116O6P2/c1-7-11-15-19-23-27-31-35-39-43-47-55-57(49-45-41-37-33-29-25-21-17-13-9-3)61(70(64,65)66)53-51-59(55)63(5,6)60-52-54-62(71(67,68)69)58(50-46-42-38-34-30-26-22-18-14-10-4)56(60)48-44-40-36-32-28-24-20-16-12-8-2/h51-54,64-69H,7-50H2,1-6H3/q+2. The van der Waals surface area contributed by atoms with Gasteiger partial charge >= 0.3 is 15.9 Å². The van der Waals surface area contributed by atoms with Crippen molar-refractivity contribution in [2.45, 2.75) is 329 Å². The average molecular weight is 1030 g/mol. The van der Waals surface area contributed by atoms with Gasteiger partial charge in [-0.3, -0.25) is 0 Å². The molecule has 2 rings (SSSR count). The molecule has 6 nitrogen and oxygen atoms in total. The van der Waals surface area contributed by atoms with Crippen molar-refractivity contribution in [1.82, 2.24) is 0 Å². The Hall–Kier alpha value is -0.940. The minimum atomic E-state index is -4.31. The molecule has 0 aromatic heterocycles. The maximum atomic E-state index is 11.1. The zero-order valence-electron chi connectivity index (χ0n) is 47.5. The molecule has 71 heavy (non-hydrogen) atoms. The highest BCUT2D eigenvalue weighted by Crippen LogP contribution is 2.49. The van der Waals surface area contributed by atoms with E-state index in [4.69, 9.17) is 0 Å². The normalized spacial score (nSPS) is 12.5. The van der Waals surface area contributed by atoms with E-state index in [0.717, 1.165) is 97.6 Å². The first-order valence-electron chi connectivity index (χ1n) is 30.7. The topological polar surface area (TPSA) is 121 Å². The van der Waals surface area contributed by atoms with Crippen molar-refractivity contribution < 1.29 is 29.4 Å². The zero-order chi connectivity index (χ0) is 52.1. The van der Waals surface area contributed by atoms with E-state index in [1.165, 1.54) is 205 Å². The average Bonchev–Trinajstić information content (AvgIpc) is 3.33. The quantitative estimate of drug-likeness (QED) is 0.0290. The second-order valence-corrected chi connectivity index (χ2v) is 25.9. The molecule has 2 aromatic rings. The summed E-state index contributed by atoms with van der Waals surface area (Å²) in [5.41, 5.74) is 5.96. The van der Waals surface area contributed by atoms with Crippen LogP contribution >= 0.6 is 15.9 Å². The smallest absolute Gasteiger partial charge is 0.189 e. The maximum Gasteiger partial charge on any atom is 0.441 e. The van der Waals surface area contributed by atoms with Crippen LogP contribution < -0.4 is 10.6 Å². The molecule has 2 aromatic carbocycles. The summed E-state index contributed by atoms with van der Waals surface area (Å²) in [5, 5.41) is 0.626.